The summed E-state index contributed by atoms with van der Waals surface area (Å²) in [7, 11) is 0. The maximum atomic E-state index is 14.1. The average Bonchev–Trinajstić information content (AvgIpc) is 1.69. The van der Waals surface area contributed by atoms with Gasteiger partial charge in [-0.15, -0.1) is 0 Å². The zero-order chi connectivity index (χ0) is 76.2. The van der Waals surface area contributed by atoms with E-state index in [4.69, 9.17) is 0 Å². The largest absolute Gasteiger partial charge is 0.356 e. The quantitative estimate of drug-likeness (QED) is 0.0241. The minimum absolute atomic E-state index is 0.00988. The highest BCUT2D eigenvalue weighted by Gasteiger charge is 2.52. The molecule has 4 heterocycles. The molecule has 0 aromatic heterocycles. The molecule has 0 radical (unpaired) electrons. The van der Waals surface area contributed by atoms with Crippen LogP contribution in [0.4, 0.5) is 0 Å². The molecule has 6 aromatic rings. The molecule has 15 atom stereocenters. The fraction of sp³-hybridized carbons (Fsp3) is 0.466. The number of carbonyl (C=O) groups excluding carboxylic acids is 11. The molecule has 572 valence electrons. The molecule has 109 heavy (non-hydrogen) atoms. The number of Topliss-reactive ketones (excluding diaryl/α,β-unsaturated/α-hetero) is 1. The molecule has 6 aromatic carbocycles. The summed E-state index contributed by atoms with van der Waals surface area (Å²) < 4.78 is 0. The maximum Gasteiger partial charge on any atom is 0.253 e. The van der Waals surface area contributed by atoms with E-state index in [-0.39, 0.29) is 158 Å². The maximum absolute atomic E-state index is 14.1. The van der Waals surface area contributed by atoms with Gasteiger partial charge in [0.05, 0.1) is 35.5 Å². The first kappa shape index (κ1) is 76.9. The Hall–Kier alpha value is -10.3. The average molecular weight is 1480 g/mol. The second-order valence-corrected chi connectivity index (χ2v) is 31.4. The van der Waals surface area contributed by atoms with E-state index in [1.807, 2.05) is 72.8 Å². The zero-order valence-corrected chi connectivity index (χ0v) is 62.9. The Kier molecular flexibility index (Phi) is 24.9. The van der Waals surface area contributed by atoms with Gasteiger partial charge in [-0.05, 0) is 123 Å². The second kappa shape index (κ2) is 35.4. The summed E-state index contributed by atoms with van der Waals surface area (Å²) in [5, 5.41) is 18.7. The molecule has 1 unspecified atom stereocenters. The molecule has 4 aliphatic carbocycles. The molecule has 10 amide bonds. The lowest BCUT2D eigenvalue weighted by atomic mass is 9.94. The standard InChI is InChI=1S/C50H64N6O6.C38H40N4O5/c1-3-5-7-15-25-51-45(57)39-29-55(30-40(39)46(58)52-26-16-8-6-4-2)49(61)35-21-23-36(24-22-35)50(62)56-31-41(47(59)53-43-27-37(43)33-17-11-9-12-18-33)42(32-56)48(60)54-44-28-38(44)34-19-13-10-14-20-34;1-23(43)28-16-17-41(20-28)37(46)26-12-14-27(15-13-26)38(47)42-21-31(35(44)39-33-18-29(33)24-8-4-2-5-9-24)32(22-42)36(45)40-34-19-30(34)25-10-6-3-7-11-25/h9-14,17-24,37-44H,3-8,15-16,25-32H2,1-2H3,(H,51,57)(H,52,58)(H,53,59)(H,54,60);2-15,28-34H,16-22H2,1H3,(H,39,44)(H,40,45)/t37-,38-,39-,40-,41-,42-,43+,44+;28?,29-,30-,31-,32-,33+,34+/m11/s1. The van der Waals surface area contributed by atoms with Crippen molar-refractivity contribution >= 4 is 64.9 Å². The van der Waals surface area contributed by atoms with Gasteiger partial charge >= 0.3 is 0 Å². The van der Waals surface area contributed by atoms with E-state index in [0.717, 1.165) is 77.0 Å². The topological polar surface area (TPSA) is 273 Å². The smallest absolute Gasteiger partial charge is 0.253 e. The fourth-order valence-corrected chi connectivity index (χ4v) is 16.7. The number of amides is 10. The van der Waals surface area contributed by atoms with Gasteiger partial charge in [-0.2, -0.15) is 0 Å². The highest BCUT2D eigenvalue weighted by Crippen LogP contribution is 2.45. The minimum atomic E-state index is -0.719. The van der Waals surface area contributed by atoms with Crippen LogP contribution in [0.1, 0.15) is 192 Å². The highest BCUT2D eigenvalue weighted by molar-refractivity contribution is 6.02. The Morgan fingerprint density at radius 3 is 0.817 bits per heavy atom. The second-order valence-electron chi connectivity index (χ2n) is 31.4. The van der Waals surface area contributed by atoms with Crippen LogP contribution < -0.4 is 31.9 Å². The number of rotatable bonds is 29. The van der Waals surface area contributed by atoms with Crippen LogP contribution in [0.15, 0.2) is 170 Å². The number of likely N-dealkylation sites (tertiary alicyclic amines) is 4. The van der Waals surface area contributed by atoms with Crippen molar-refractivity contribution in [3.05, 3.63) is 214 Å². The van der Waals surface area contributed by atoms with Gasteiger partial charge in [-0.1, -0.05) is 174 Å². The number of hydrogen-bond acceptors (Lipinski definition) is 11. The van der Waals surface area contributed by atoms with Crippen LogP contribution in [0.25, 0.3) is 0 Å². The number of benzene rings is 6. The highest BCUT2D eigenvalue weighted by atomic mass is 16.2. The van der Waals surface area contributed by atoms with Crippen LogP contribution in [-0.4, -0.2) is 174 Å². The summed E-state index contributed by atoms with van der Waals surface area (Å²) in [5.74, 6) is -5.57. The van der Waals surface area contributed by atoms with Crippen LogP contribution in [0, 0.1) is 41.4 Å². The van der Waals surface area contributed by atoms with E-state index in [9.17, 15) is 52.7 Å². The number of nitrogens with zero attached hydrogens (tertiary/aromatic N) is 4. The Bertz CT molecular complexity index is 4060. The number of hydrogen-bond donors (Lipinski definition) is 6. The number of carbonyl (C=O) groups is 11. The third-order valence-electron chi connectivity index (χ3n) is 23.7. The molecule has 6 N–H and O–H groups in total. The van der Waals surface area contributed by atoms with Crippen LogP contribution in [0.5, 0.6) is 0 Å². The molecule has 4 aliphatic heterocycles. The van der Waals surface area contributed by atoms with Crippen LogP contribution >= 0.6 is 0 Å². The number of nitrogens with one attached hydrogen (secondary N) is 6. The lowest BCUT2D eigenvalue weighted by Gasteiger charge is -2.18. The van der Waals surface area contributed by atoms with Crippen LogP contribution in [-0.2, 0) is 33.6 Å². The molecule has 21 nitrogen and oxygen atoms in total. The molecule has 0 spiro atoms. The van der Waals surface area contributed by atoms with Crippen molar-refractivity contribution < 1.29 is 52.7 Å². The minimum Gasteiger partial charge on any atom is -0.356 e. The fourth-order valence-electron chi connectivity index (χ4n) is 16.7. The summed E-state index contributed by atoms with van der Waals surface area (Å²) >= 11 is 0. The van der Waals surface area contributed by atoms with Gasteiger partial charge in [0, 0.05) is 141 Å². The van der Waals surface area contributed by atoms with Crippen molar-refractivity contribution in [2.75, 3.05) is 65.4 Å². The Balaban J connectivity index is 0.000000199. The molecule has 4 saturated carbocycles. The summed E-state index contributed by atoms with van der Waals surface area (Å²) in [5.41, 5.74) is 6.22. The zero-order valence-electron chi connectivity index (χ0n) is 62.9. The monoisotopic (exact) mass is 1480 g/mol. The molecule has 4 saturated heterocycles. The van der Waals surface area contributed by atoms with Gasteiger partial charge in [-0.3, -0.25) is 52.7 Å². The SMILES string of the molecule is CC(=O)C1CCN(C(=O)c2ccc(C(=O)N3C[C@@H](C(=O)N[C@H]4C[C@@H]4c4ccccc4)[C@H](C(=O)N[C@H]4C[C@@H]4c4ccccc4)C3)cc2)C1.CCCCCCNC(=O)[C@@H]1CN(C(=O)c2ccc(C(=O)N3C[C@@H](C(=O)N[C@H]4C[C@@H]4c4ccccc4)[C@H](C(=O)N[C@H]4C[C@@H]4c4ccccc4)C3)cc2)C[C@H]1C(=O)NCCCCCC. The van der Waals surface area contributed by atoms with E-state index in [1.54, 1.807) is 75.1 Å². The summed E-state index contributed by atoms with van der Waals surface area (Å²) in [6, 6.07) is 53.2. The van der Waals surface area contributed by atoms with Crippen molar-refractivity contribution in [1.29, 1.82) is 0 Å². The van der Waals surface area contributed by atoms with E-state index >= 15 is 0 Å². The van der Waals surface area contributed by atoms with E-state index in [0.29, 0.717) is 54.9 Å². The molecule has 0 bridgehead atoms. The number of unbranched alkanes of at least 4 members (excludes halogenated alkanes) is 6. The lowest BCUT2D eigenvalue weighted by Crippen LogP contribution is -2.43. The van der Waals surface area contributed by atoms with Crippen LogP contribution in [0.3, 0.4) is 0 Å². The van der Waals surface area contributed by atoms with Crippen molar-refractivity contribution in [1.82, 2.24) is 51.5 Å². The van der Waals surface area contributed by atoms with Gasteiger partial charge < -0.3 is 51.5 Å². The Morgan fingerprint density at radius 2 is 0.569 bits per heavy atom. The third kappa shape index (κ3) is 19.1. The molecular formula is C88H104N10O11. The normalized spacial score (nSPS) is 26.1. The first-order valence-corrected chi connectivity index (χ1v) is 39.8. The third-order valence-corrected chi connectivity index (χ3v) is 23.7. The summed E-state index contributed by atoms with van der Waals surface area (Å²) in [4.78, 5) is 155. The molecule has 8 fully saturated rings. The van der Waals surface area contributed by atoms with Crippen molar-refractivity contribution in [3.8, 4) is 0 Å². The molecule has 21 heteroatoms. The summed E-state index contributed by atoms with van der Waals surface area (Å²) in [6.45, 7) is 8.53. The van der Waals surface area contributed by atoms with Gasteiger partial charge in [0.2, 0.25) is 35.4 Å². The van der Waals surface area contributed by atoms with Gasteiger partial charge in [0.15, 0.2) is 0 Å². The lowest BCUT2D eigenvalue weighted by molar-refractivity contribution is -0.133. The summed E-state index contributed by atoms with van der Waals surface area (Å²) in [6.07, 6.45) is 12.1. The number of ketones is 1. The van der Waals surface area contributed by atoms with E-state index in [1.165, 1.54) is 22.3 Å². The molecule has 14 rings (SSSR count). The van der Waals surface area contributed by atoms with Crippen LogP contribution in [0.2, 0.25) is 0 Å². The first-order chi connectivity index (χ1) is 52.9. The Morgan fingerprint density at radius 1 is 0.312 bits per heavy atom. The van der Waals surface area contributed by atoms with Crippen molar-refractivity contribution in [2.24, 2.45) is 41.4 Å². The predicted octanol–water partition coefficient (Wildman–Crippen LogP) is 9.57. The Labute approximate surface area is 639 Å². The van der Waals surface area contributed by atoms with Crippen molar-refractivity contribution in [3.63, 3.8) is 0 Å². The van der Waals surface area contributed by atoms with E-state index < -0.39 is 35.5 Å². The first-order valence-electron chi connectivity index (χ1n) is 39.8. The molecule has 8 aliphatic rings. The molecular weight excluding hydrogens is 1370 g/mol. The van der Waals surface area contributed by atoms with Gasteiger partial charge in [0.25, 0.3) is 23.6 Å². The van der Waals surface area contributed by atoms with Crippen molar-refractivity contribution in [2.45, 2.75) is 152 Å². The predicted molar refractivity (Wildman–Crippen MR) is 413 cm³/mol. The van der Waals surface area contributed by atoms with Gasteiger partial charge in [0.1, 0.15) is 5.78 Å². The van der Waals surface area contributed by atoms with E-state index in [2.05, 4.69) is 94.3 Å². The van der Waals surface area contributed by atoms with Gasteiger partial charge in [-0.25, -0.2) is 0 Å².